The van der Waals surface area contributed by atoms with Crippen molar-refractivity contribution in [2.75, 3.05) is 19.6 Å². The molecule has 0 rings (SSSR count). The third-order valence-electron chi connectivity index (χ3n) is 5.31. The normalized spacial score (nSPS) is 16.8. The number of carbonyl (C=O) groups excluding carboxylic acids is 4. The van der Waals surface area contributed by atoms with E-state index in [0.717, 1.165) is 12.8 Å². The standard InChI is InChI=1S/C21H39N3O8/c1-5-12(3)9-22-15(26)8-7-14(25)17(28)18(29)19(30)20(31)21(32)24-11-16(27)23-10-13(4)6-2/h12-13,17-20,28-31H,5-11H2,1-4H3,(H,22,26)(H,23,27)(H,24,32). The second-order valence-electron chi connectivity index (χ2n) is 8.19. The maximum Gasteiger partial charge on any atom is 0.252 e. The predicted molar refractivity (Wildman–Crippen MR) is 116 cm³/mol. The van der Waals surface area contributed by atoms with Gasteiger partial charge in [0.15, 0.2) is 11.9 Å². The Morgan fingerprint density at radius 3 is 1.66 bits per heavy atom. The van der Waals surface area contributed by atoms with Crippen LogP contribution in [0.15, 0.2) is 0 Å². The van der Waals surface area contributed by atoms with Crippen LogP contribution in [0.3, 0.4) is 0 Å². The summed E-state index contributed by atoms with van der Waals surface area (Å²) in [6.07, 6.45) is -7.51. The molecule has 0 saturated carbocycles. The fourth-order valence-electron chi connectivity index (χ4n) is 2.39. The molecule has 11 nitrogen and oxygen atoms in total. The SMILES string of the molecule is CCC(C)CNC(=O)CCC(=O)C(O)C(O)C(O)C(O)C(=O)NCC(=O)NCC(C)CC. The highest BCUT2D eigenvalue weighted by molar-refractivity contribution is 5.89. The number of ketones is 1. The van der Waals surface area contributed by atoms with E-state index in [2.05, 4.69) is 16.0 Å². The van der Waals surface area contributed by atoms with Crippen molar-refractivity contribution in [3.8, 4) is 0 Å². The third kappa shape index (κ3) is 11.5. The molecule has 6 atom stereocenters. The largest absolute Gasteiger partial charge is 0.387 e. The zero-order valence-electron chi connectivity index (χ0n) is 19.3. The van der Waals surface area contributed by atoms with Gasteiger partial charge in [0.25, 0.3) is 5.91 Å². The zero-order valence-corrected chi connectivity index (χ0v) is 19.3. The van der Waals surface area contributed by atoms with E-state index in [4.69, 9.17) is 0 Å². The number of hydrogen-bond donors (Lipinski definition) is 7. The van der Waals surface area contributed by atoms with Gasteiger partial charge in [-0.1, -0.05) is 40.5 Å². The fourth-order valence-corrected chi connectivity index (χ4v) is 2.39. The van der Waals surface area contributed by atoms with Gasteiger partial charge in [-0.25, -0.2) is 0 Å². The van der Waals surface area contributed by atoms with Crippen molar-refractivity contribution in [3.05, 3.63) is 0 Å². The van der Waals surface area contributed by atoms with Gasteiger partial charge in [0, 0.05) is 25.9 Å². The second kappa shape index (κ2) is 15.7. The van der Waals surface area contributed by atoms with E-state index in [1.54, 1.807) is 0 Å². The van der Waals surface area contributed by atoms with E-state index in [-0.39, 0.29) is 18.3 Å². The van der Waals surface area contributed by atoms with Gasteiger partial charge in [-0.2, -0.15) is 0 Å². The Morgan fingerprint density at radius 2 is 1.16 bits per heavy atom. The van der Waals surface area contributed by atoms with Crippen molar-refractivity contribution in [2.24, 2.45) is 11.8 Å². The van der Waals surface area contributed by atoms with Gasteiger partial charge in [0.1, 0.15) is 18.3 Å². The average molecular weight is 462 g/mol. The molecule has 0 saturated heterocycles. The summed E-state index contributed by atoms with van der Waals surface area (Å²) in [6, 6.07) is 0. The molecule has 0 aliphatic heterocycles. The van der Waals surface area contributed by atoms with E-state index < -0.39 is 60.9 Å². The first-order valence-corrected chi connectivity index (χ1v) is 11.0. The van der Waals surface area contributed by atoms with Gasteiger partial charge in [-0.15, -0.1) is 0 Å². The molecule has 0 aromatic carbocycles. The molecule has 32 heavy (non-hydrogen) atoms. The molecule has 186 valence electrons. The third-order valence-corrected chi connectivity index (χ3v) is 5.31. The Hall–Kier alpha value is -2.08. The summed E-state index contributed by atoms with van der Waals surface area (Å²) in [4.78, 5) is 47.3. The molecule has 6 unspecified atom stereocenters. The van der Waals surface area contributed by atoms with Crippen LogP contribution < -0.4 is 16.0 Å². The van der Waals surface area contributed by atoms with Crippen LogP contribution in [0.4, 0.5) is 0 Å². The molecule has 0 aliphatic carbocycles. The van der Waals surface area contributed by atoms with Gasteiger partial charge in [-0.05, 0) is 11.8 Å². The van der Waals surface area contributed by atoms with Gasteiger partial charge < -0.3 is 36.4 Å². The van der Waals surface area contributed by atoms with Crippen LogP contribution in [0.1, 0.15) is 53.4 Å². The van der Waals surface area contributed by atoms with Gasteiger partial charge in [0.05, 0.1) is 6.54 Å². The summed E-state index contributed by atoms with van der Waals surface area (Å²) in [6.45, 7) is 8.23. The Bertz CT molecular complexity index is 564. The molecular formula is C21H39N3O8. The number of Topliss-reactive ketones (excluding diaryl/α,β-unsaturated/α-hetero) is 1. The molecular weight excluding hydrogens is 422 g/mol. The molecule has 3 amide bonds. The van der Waals surface area contributed by atoms with Crippen LogP contribution >= 0.6 is 0 Å². The lowest BCUT2D eigenvalue weighted by Crippen LogP contribution is -2.53. The van der Waals surface area contributed by atoms with Gasteiger partial charge >= 0.3 is 0 Å². The summed E-state index contributed by atoms with van der Waals surface area (Å²) in [5, 5.41) is 47.0. The molecule has 0 bridgehead atoms. The van der Waals surface area contributed by atoms with E-state index in [9.17, 15) is 39.6 Å². The number of hydrogen-bond acceptors (Lipinski definition) is 8. The number of aliphatic hydroxyl groups excluding tert-OH is 4. The molecule has 0 aliphatic rings. The van der Waals surface area contributed by atoms with E-state index in [1.807, 2.05) is 27.7 Å². The smallest absolute Gasteiger partial charge is 0.252 e. The Balaban J connectivity index is 4.49. The van der Waals surface area contributed by atoms with Crippen molar-refractivity contribution in [3.63, 3.8) is 0 Å². The molecule has 0 fully saturated rings. The first-order chi connectivity index (χ1) is 14.9. The highest BCUT2D eigenvalue weighted by Gasteiger charge is 2.37. The maximum atomic E-state index is 12.0. The maximum absolute atomic E-state index is 12.0. The lowest BCUT2D eigenvalue weighted by atomic mass is 9.97. The van der Waals surface area contributed by atoms with Gasteiger partial charge in [-0.3, -0.25) is 19.2 Å². The van der Waals surface area contributed by atoms with E-state index >= 15 is 0 Å². The fraction of sp³-hybridized carbons (Fsp3) is 0.810. The van der Waals surface area contributed by atoms with Crippen molar-refractivity contribution < 1.29 is 39.6 Å². The lowest BCUT2D eigenvalue weighted by molar-refractivity contribution is -0.154. The first kappa shape index (κ1) is 29.9. The quantitative estimate of drug-likeness (QED) is 0.141. The molecule has 0 radical (unpaired) electrons. The lowest BCUT2D eigenvalue weighted by Gasteiger charge is -2.25. The Morgan fingerprint density at radius 1 is 0.688 bits per heavy atom. The minimum absolute atomic E-state index is 0.218. The van der Waals surface area contributed by atoms with E-state index in [0.29, 0.717) is 13.1 Å². The minimum atomic E-state index is -2.19. The van der Waals surface area contributed by atoms with Crippen molar-refractivity contribution >= 4 is 23.5 Å². The Kier molecular flexibility index (Phi) is 14.7. The van der Waals surface area contributed by atoms with Crippen LogP contribution in [0.2, 0.25) is 0 Å². The first-order valence-electron chi connectivity index (χ1n) is 11.0. The monoisotopic (exact) mass is 461 g/mol. The number of amides is 3. The average Bonchev–Trinajstić information content (AvgIpc) is 2.80. The van der Waals surface area contributed by atoms with Crippen molar-refractivity contribution in [1.29, 1.82) is 0 Å². The van der Waals surface area contributed by atoms with Crippen LogP contribution in [0.25, 0.3) is 0 Å². The molecule has 11 heteroatoms. The molecule has 0 heterocycles. The number of carbonyl (C=O) groups is 4. The zero-order chi connectivity index (χ0) is 24.8. The Labute approximate surface area is 189 Å². The molecule has 7 N–H and O–H groups in total. The summed E-state index contributed by atoms with van der Waals surface area (Å²) >= 11 is 0. The minimum Gasteiger partial charge on any atom is -0.387 e. The molecule has 0 aromatic heterocycles. The van der Waals surface area contributed by atoms with Gasteiger partial charge in [0.2, 0.25) is 11.8 Å². The van der Waals surface area contributed by atoms with Crippen molar-refractivity contribution in [1.82, 2.24) is 16.0 Å². The van der Waals surface area contributed by atoms with E-state index in [1.165, 1.54) is 0 Å². The van der Waals surface area contributed by atoms with Crippen molar-refractivity contribution in [2.45, 2.75) is 77.8 Å². The van der Waals surface area contributed by atoms with Crippen LogP contribution in [-0.4, -0.2) is 88.0 Å². The number of aliphatic hydroxyl groups is 4. The molecule has 0 spiro atoms. The summed E-state index contributed by atoms with van der Waals surface area (Å²) in [7, 11) is 0. The second-order valence-corrected chi connectivity index (χ2v) is 8.19. The highest BCUT2D eigenvalue weighted by atomic mass is 16.4. The predicted octanol–water partition coefficient (Wildman–Crippen LogP) is -1.78. The number of rotatable bonds is 16. The highest BCUT2D eigenvalue weighted by Crippen LogP contribution is 2.09. The summed E-state index contributed by atoms with van der Waals surface area (Å²) < 4.78 is 0. The summed E-state index contributed by atoms with van der Waals surface area (Å²) in [5.74, 6) is -2.45. The van der Waals surface area contributed by atoms with Crippen LogP contribution in [0, 0.1) is 11.8 Å². The molecule has 0 aromatic rings. The number of nitrogens with one attached hydrogen (secondary N) is 3. The van der Waals surface area contributed by atoms with Crippen LogP contribution in [0.5, 0.6) is 0 Å². The summed E-state index contributed by atoms with van der Waals surface area (Å²) in [5.41, 5.74) is 0. The van der Waals surface area contributed by atoms with Crippen LogP contribution in [-0.2, 0) is 19.2 Å². The topological polar surface area (TPSA) is 185 Å².